The van der Waals surface area contributed by atoms with Crippen LogP contribution in [0.15, 0.2) is 91.0 Å². The first-order chi connectivity index (χ1) is 14.3. The summed E-state index contributed by atoms with van der Waals surface area (Å²) in [6, 6.07) is 29.9. The molecule has 2 nitrogen and oxygen atoms in total. The molecule has 0 N–H and O–H groups in total. The highest BCUT2D eigenvalue weighted by molar-refractivity contribution is 6.30. The summed E-state index contributed by atoms with van der Waals surface area (Å²) < 4.78 is 0. The number of nitrogens with zero attached hydrogens (tertiary/aromatic N) is 2. The summed E-state index contributed by atoms with van der Waals surface area (Å²) in [5.41, 5.74) is 3.91. The topological polar surface area (TPSA) is 6.48 Å². The van der Waals surface area contributed by atoms with Crippen molar-refractivity contribution in [2.24, 2.45) is 0 Å². The highest BCUT2D eigenvalue weighted by atomic mass is 35.5. The van der Waals surface area contributed by atoms with E-state index < -0.39 is 0 Å². The van der Waals surface area contributed by atoms with Crippen LogP contribution in [0.5, 0.6) is 0 Å². The van der Waals surface area contributed by atoms with Gasteiger partial charge in [-0.3, -0.25) is 9.80 Å². The molecule has 0 spiro atoms. The quantitative estimate of drug-likeness (QED) is 0.452. The fraction of sp³-hybridized carbons (Fsp3) is 0.231. The van der Waals surface area contributed by atoms with Gasteiger partial charge in [-0.15, -0.1) is 12.4 Å². The minimum Gasteiger partial charge on any atom is -0.297 e. The Kier molecular flexibility index (Phi) is 8.53. The van der Waals surface area contributed by atoms with Crippen molar-refractivity contribution in [1.82, 2.24) is 9.80 Å². The Morgan fingerprint density at radius 1 is 0.733 bits per heavy atom. The van der Waals surface area contributed by atoms with Crippen LogP contribution in [0, 0.1) is 0 Å². The standard InChI is InChI=1S/C26H27ClN2.ClH/c27-25-15-13-24(14-16-25)26(23-11-5-2-6-12-23)29-20-18-28(19-21-29)17-7-10-22-8-3-1-4-9-22;/h1-16,26H,17-21H2;1H/b10-7+;. The molecule has 1 unspecified atom stereocenters. The maximum atomic E-state index is 6.13. The molecule has 0 saturated carbocycles. The third-order valence-corrected chi connectivity index (χ3v) is 5.80. The van der Waals surface area contributed by atoms with Gasteiger partial charge in [-0.25, -0.2) is 0 Å². The highest BCUT2D eigenvalue weighted by Crippen LogP contribution is 2.30. The molecule has 4 rings (SSSR count). The predicted molar refractivity (Wildman–Crippen MR) is 130 cm³/mol. The second-order valence-corrected chi connectivity index (χ2v) is 7.95. The molecular formula is C26H28Cl2N2. The molecular weight excluding hydrogens is 411 g/mol. The van der Waals surface area contributed by atoms with Gasteiger partial charge in [-0.05, 0) is 28.8 Å². The summed E-state index contributed by atoms with van der Waals surface area (Å²) in [6.45, 7) is 5.27. The molecule has 0 aromatic heterocycles. The van der Waals surface area contributed by atoms with Crippen molar-refractivity contribution in [3.8, 4) is 0 Å². The molecule has 156 valence electrons. The minimum atomic E-state index is 0. The van der Waals surface area contributed by atoms with Crippen LogP contribution < -0.4 is 0 Å². The van der Waals surface area contributed by atoms with E-state index in [0.29, 0.717) is 0 Å². The Bertz CT molecular complexity index is 903. The Morgan fingerprint density at radius 3 is 1.93 bits per heavy atom. The maximum absolute atomic E-state index is 6.13. The fourth-order valence-electron chi connectivity index (χ4n) is 4.00. The fourth-order valence-corrected chi connectivity index (χ4v) is 4.13. The normalized spacial score (nSPS) is 16.3. The van der Waals surface area contributed by atoms with Gasteiger partial charge < -0.3 is 0 Å². The van der Waals surface area contributed by atoms with Gasteiger partial charge in [0.25, 0.3) is 0 Å². The average Bonchev–Trinajstić information content (AvgIpc) is 2.78. The third-order valence-electron chi connectivity index (χ3n) is 5.55. The molecule has 0 bridgehead atoms. The van der Waals surface area contributed by atoms with Crippen LogP contribution in [-0.2, 0) is 0 Å². The molecule has 3 aromatic carbocycles. The summed E-state index contributed by atoms with van der Waals surface area (Å²) in [7, 11) is 0. The van der Waals surface area contributed by atoms with Gasteiger partial charge in [0, 0.05) is 37.7 Å². The van der Waals surface area contributed by atoms with Crippen molar-refractivity contribution < 1.29 is 0 Å². The van der Waals surface area contributed by atoms with Crippen LogP contribution in [0.1, 0.15) is 22.7 Å². The first-order valence-corrected chi connectivity index (χ1v) is 10.7. The van der Waals surface area contributed by atoms with Gasteiger partial charge in [-0.1, -0.05) is 96.5 Å². The van der Waals surface area contributed by atoms with Gasteiger partial charge >= 0.3 is 0 Å². The van der Waals surface area contributed by atoms with E-state index in [-0.39, 0.29) is 18.4 Å². The lowest BCUT2D eigenvalue weighted by Crippen LogP contribution is -2.47. The predicted octanol–water partition coefficient (Wildman–Crippen LogP) is 6.18. The van der Waals surface area contributed by atoms with Crippen LogP contribution in [0.25, 0.3) is 6.08 Å². The average molecular weight is 439 g/mol. The monoisotopic (exact) mass is 438 g/mol. The largest absolute Gasteiger partial charge is 0.297 e. The van der Waals surface area contributed by atoms with E-state index in [4.69, 9.17) is 11.6 Å². The second-order valence-electron chi connectivity index (χ2n) is 7.51. The summed E-state index contributed by atoms with van der Waals surface area (Å²) in [6.07, 6.45) is 4.49. The zero-order valence-corrected chi connectivity index (χ0v) is 18.6. The summed E-state index contributed by atoms with van der Waals surface area (Å²) in [5.74, 6) is 0. The molecule has 30 heavy (non-hydrogen) atoms. The maximum Gasteiger partial charge on any atom is 0.0602 e. The molecule has 1 aliphatic heterocycles. The SMILES string of the molecule is Cl.Clc1ccc(C(c2ccccc2)N2CCN(C/C=C/c3ccccc3)CC2)cc1. The Hall–Kier alpha value is -2.10. The number of benzene rings is 3. The van der Waals surface area contributed by atoms with Gasteiger partial charge in [0.1, 0.15) is 0 Å². The Balaban J connectivity index is 0.00000256. The van der Waals surface area contributed by atoms with Crippen molar-refractivity contribution in [1.29, 1.82) is 0 Å². The first kappa shape index (κ1) is 22.6. The van der Waals surface area contributed by atoms with E-state index >= 15 is 0 Å². The molecule has 3 aromatic rings. The number of rotatable bonds is 6. The number of hydrogen-bond acceptors (Lipinski definition) is 2. The van der Waals surface area contributed by atoms with Crippen LogP contribution in [0.3, 0.4) is 0 Å². The molecule has 0 amide bonds. The van der Waals surface area contributed by atoms with Crippen molar-refractivity contribution in [3.63, 3.8) is 0 Å². The van der Waals surface area contributed by atoms with E-state index in [1.165, 1.54) is 16.7 Å². The van der Waals surface area contributed by atoms with Crippen molar-refractivity contribution in [2.75, 3.05) is 32.7 Å². The van der Waals surface area contributed by atoms with Gasteiger partial charge in [-0.2, -0.15) is 0 Å². The Morgan fingerprint density at radius 2 is 1.30 bits per heavy atom. The highest BCUT2D eigenvalue weighted by Gasteiger charge is 2.25. The Labute approximate surface area is 191 Å². The molecule has 0 radical (unpaired) electrons. The van der Waals surface area contributed by atoms with E-state index in [2.05, 4.69) is 94.7 Å². The number of piperazine rings is 1. The summed E-state index contributed by atoms with van der Waals surface area (Å²) in [5, 5.41) is 0.788. The number of halogens is 2. The minimum absolute atomic E-state index is 0. The van der Waals surface area contributed by atoms with E-state index in [1.54, 1.807) is 0 Å². The molecule has 1 heterocycles. The zero-order valence-electron chi connectivity index (χ0n) is 17.0. The molecule has 1 saturated heterocycles. The molecule has 1 aliphatic rings. The van der Waals surface area contributed by atoms with Crippen LogP contribution in [0.2, 0.25) is 5.02 Å². The summed E-state index contributed by atoms with van der Waals surface area (Å²) >= 11 is 6.13. The lowest BCUT2D eigenvalue weighted by atomic mass is 9.96. The van der Waals surface area contributed by atoms with Gasteiger partial charge in [0.05, 0.1) is 6.04 Å². The zero-order chi connectivity index (χ0) is 19.9. The van der Waals surface area contributed by atoms with E-state index in [9.17, 15) is 0 Å². The van der Waals surface area contributed by atoms with Gasteiger partial charge in [0.2, 0.25) is 0 Å². The lowest BCUT2D eigenvalue weighted by Gasteiger charge is -2.39. The third kappa shape index (κ3) is 5.96. The molecule has 1 atom stereocenters. The van der Waals surface area contributed by atoms with Gasteiger partial charge in [0.15, 0.2) is 0 Å². The first-order valence-electron chi connectivity index (χ1n) is 10.3. The van der Waals surface area contributed by atoms with E-state index in [1.807, 2.05) is 12.1 Å². The lowest BCUT2D eigenvalue weighted by molar-refractivity contribution is 0.118. The second kappa shape index (κ2) is 11.3. The van der Waals surface area contributed by atoms with Crippen molar-refractivity contribution in [3.05, 3.63) is 113 Å². The van der Waals surface area contributed by atoms with Crippen molar-refractivity contribution in [2.45, 2.75) is 6.04 Å². The number of hydrogen-bond donors (Lipinski definition) is 0. The van der Waals surface area contributed by atoms with Crippen molar-refractivity contribution >= 4 is 30.1 Å². The van der Waals surface area contributed by atoms with E-state index in [0.717, 1.165) is 37.7 Å². The summed E-state index contributed by atoms with van der Waals surface area (Å²) in [4.78, 5) is 5.12. The van der Waals surface area contributed by atoms with Crippen LogP contribution in [0.4, 0.5) is 0 Å². The molecule has 0 aliphatic carbocycles. The van der Waals surface area contributed by atoms with Crippen LogP contribution >= 0.6 is 24.0 Å². The molecule has 1 fully saturated rings. The molecule has 4 heteroatoms. The van der Waals surface area contributed by atoms with Crippen LogP contribution in [-0.4, -0.2) is 42.5 Å². The smallest absolute Gasteiger partial charge is 0.0602 e.